The quantitative estimate of drug-likeness (QED) is 0.877. The van der Waals surface area contributed by atoms with Crippen molar-refractivity contribution in [3.63, 3.8) is 0 Å². The minimum Gasteiger partial charge on any atom is -0.352 e. The van der Waals surface area contributed by atoms with E-state index in [4.69, 9.17) is 11.6 Å². The fraction of sp³-hybridized carbons (Fsp3) is 0.467. The second kappa shape index (κ2) is 7.41. The Bertz CT molecular complexity index is 536. The predicted molar refractivity (Wildman–Crippen MR) is 78.3 cm³/mol. The zero-order valence-electron chi connectivity index (χ0n) is 11.7. The summed E-state index contributed by atoms with van der Waals surface area (Å²) >= 11 is 5.67. The first kappa shape index (κ1) is 15.8. The normalized spacial score (nSPS) is 14.6. The first-order valence-electron chi connectivity index (χ1n) is 7.05. The Kier molecular flexibility index (Phi) is 5.56. The van der Waals surface area contributed by atoms with Crippen molar-refractivity contribution in [3.05, 3.63) is 34.6 Å². The number of amides is 2. The molecule has 0 saturated carbocycles. The van der Waals surface area contributed by atoms with Crippen molar-refractivity contribution in [1.82, 2.24) is 10.2 Å². The highest BCUT2D eigenvalue weighted by molar-refractivity contribution is 6.30. The van der Waals surface area contributed by atoms with Crippen molar-refractivity contribution in [1.29, 1.82) is 0 Å². The minimum absolute atomic E-state index is 0.0503. The van der Waals surface area contributed by atoms with Crippen LogP contribution in [-0.4, -0.2) is 29.8 Å². The Morgan fingerprint density at radius 3 is 2.95 bits per heavy atom. The summed E-state index contributed by atoms with van der Waals surface area (Å²) in [6.45, 7) is 1.51. The minimum atomic E-state index is -0.498. The molecule has 0 aliphatic carbocycles. The highest BCUT2D eigenvalue weighted by Gasteiger charge is 2.19. The lowest BCUT2D eigenvalue weighted by molar-refractivity contribution is -0.128. The van der Waals surface area contributed by atoms with E-state index in [1.54, 1.807) is 17.0 Å². The molecule has 1 N–H and O–H groups in total. The zero-order valence-corrected chi connectivity index (χ0v) is 12.5. The lowest BCUT2D eigenvalue weighted by Crippen LogP contribution is -2.28. The van der Waals surface area contributed by atoms with Gasteiger partial charge in [-0.05, 0) is 18.9 Å². The number of carbonyl (C=O) groups is 2. The van der Waals surface area contributed by atoms with E-state index in [-0.39, 0.29) is 23.4 Å². The molecule has 0 bridgehead atoms. The second-order valence-corrected chi connectivity index (χ2v) is 5.48. The molecule has 21 heavy (non-hydrogen) atoms. The standard InChI is InChI=1S/C15H18ClFN2O2/c16-12-5-1-4-11(15(12)17)10-18-13(20)6-2-8-19-9-3-7-14(19)21/h1,4-5H,2-3,6-10H2,(H,18,20). The average molecular weight is 313 g/mol. The van der Waals surface area contributed by atoms with Crippen molar-refractivity contribution in [2.45, 2.75) is 32.2 Å². The van der Waals surface area contributed by atoms with E-state index in [9.17, 15) is 14.0 Å². The van der Waals surface area contributed by atoms with Crippen LogP contribution in [0.1, 0.15) is 31.2 Å². The van der Waals surface area contributed by atoms with E-state index in [0.29, 0.717) is 31.4 Å². The fourth-order valence-corrected chi connectivity index (χ4v) is 2.53. The van der Waals surface area contributed by atoms with Gasteiger partial charge in [0.25, 0.3) is 0 Å². The van der Waals surface area contributed by atoms with Crippen LogP contribution < -0.4 is 5.32 Å². The van der Waals surface area contributed by atoms with Gasteiger partial charge < -0.3 is 10.2 Å². The lowest BCUT2D eigenvalue weighted by Gasteiger charge is -2.14. The van der Waals surface area contributed by atoms with E-state index in [1.807, 2.05) is 0 Å². The van der Waals surface area contributed by atoms with E-state index < -0.39 is 5.82 Å². The van der Waals surface area contributed by atoms with E-state index in [0.717, 1.165) is 13.0 Å². The highest BCUT2D eigenvalue weighted by atomic mass is 35.5. The highest BCUT2D eigenvalue weighted by Crippen LogP contribution is 2.17. The average Bonchev–Trinajstić information content (AvgIpc) is 2.86. The Hall–Kier alpha value is -1.62. The van der Waals surface area contributed by atoms with E-state index in [1.165, 1.54) is 6.07 Å². The molecule has 0 aromatic heterocycles. The van der Waals surface area contributed by atoms with Gasteiger partial charge in [0.15, 0.2) is 0 Å². The smallest absolute Gasteiger partial charge is 0.222 e. The molecule has 2 rings (SSSR count). The van der Waals surface area contributed by atoms with Crippen LogP contribution in [0.5, 0.6) is 0 Å². The molecule has 1 aromatic rings. The Morgan fingerprint density at radius 1 is 1.43 bits per heavy atom. The molecular weight excluding hydrogens is 295 g/mol. The van der Waals surface area contributed by atoms with Gasteiger partial charge in [-0.25, -0.2) is 4.39 Å². The molecule has 4 nitrogen and oxygen atoms in total. The van der Waals surface area contributed by atoms with Gasteiger partial charge in [-0.3, -0.25) is 9.59 Å². The predicted octanol–water partition coefficient (Wildman–Crippen LogP) is 2.50. The molecule has 1 aliphatic heterocycles. The third-order valence-electron chi connectivity index (χ3n) is 3.51. The van der Waals surface area contributed by atoms with Gasteiger partial charge in [0.05, 0.1) is 5.02 Å². The number of carbonyl (C=O) groups excluding carboxylic acids is 2. The summed E-state index contributed by atoms with van der Waals surface area (Å²) in [5.74, 6) is -0.487. The molecule has 1 aromatic carbocycles. The molecule has 0 radical (unpaired) electrons. The Morgan fingerprint density at radius 2 is 2.24 bits per heavy atom. The third kappa shape index (κ3) is 4.43. The zero-order chi connectivity index (χ0) is 15.2. The van der Waals surface area contributed by atoms with Crippen LogP contribution in [0.2, 0.25) is 5.02 Å². The molecule has 1 aliphatic rings. The fourth-order valence-electron chi connectivity index (χ4n) is 2.34. The van der Waals surface area contributed by atoms with Crippen LogP contribution in [0.3, 0.4) is 0 Å². The van der Waals surface area contributed by atoms with E-state index >= 15 is 0 Å². The summed E-state index contributed by atoms with van der Waals surface area (Å²) in [5.41, 5.74) is 0.366. The summed E-state index contributed by atoms with van der Waals surface area (Å²) < 4.78 is 13.6. The van der Waals surface area contributed by atoms with Crippen LogP contribution in [-0.2, 0) is 16.1 Å². The van der Waals surface area contributed by atoms with Crippen molar-refractivity contribution < 1.29 is 14.0 Å². The molecule has 0 unspecified atom stereocenters. The maximum absolute atomic E-state index is 13.6. The number of hydrogen-bond donors (Lipinski definition) is 1. The molecule has 1 saturated heterocycles. The van der Waals surface area contributed by atoms with Crippen LogP contribution in [0.4, 0.5) is 4.39 Å². The van der Waals surface area contributed by atoms with Gasteiger partial charge in [0.1, 0.15) is 5.82 Å². The van der Waals surface area contributed by atoms with Gasteiger partial charge >= 0.3 is 0 Å². The SMILES string of the molecule is O=C(CCCN1CCCC1=O)NCc1cccc(Cl)c1F. The molecule has 0 spiro atoms. The van der Waals surface area contributed by atoms with Gasteiger partial charge in [-0.1, -0.05) is 23.7 Å². The van der Waals surface area contributed by atoms with Crippen molar-refractivity contribution in [3.8, 4) is 0 Å². The van der Waals surface area contributed by atoms with Crippen molar-refractivity contribution in [2.75, 3.05) is 13.1 Å². The van der Waals surface area contributed by atoms with E-state index in [2.05, 4.69) is 5.32 Å². The van der Waals surface area contributed by atoms with Gasteiger partial charge in [-0.15, -0.1) is 0 Å². The Balaban J connectivity index is 1.70. The number of hydrogen-bond acceptors (Lipinski definition) is 2. The third-order valence-corrected chi connectivity index (χ3v) is 3.80. The summed E-state index contributed by atoms with van der Waals surface area (Å²) in [6, 6.07) is 4.70. The number of rotatable bonds is 6. The molecule has 1 fully saturated rings. The summed E-state index contributed by atoms with van der Waals surface area (Å²) in [4.78, 5) is 24.9. The van der Waals surface area contributed by atoms with Crippen LogP contribution in [0.15, 0.2) is 18.2 Å². The van der Waals surface area contributed by atoms with Gasteiger partial charge in [0, 0.05) is 38.0 Å². The molecule has 0 atom stereocenters. The van der Waals surface area contributed by atoms with Crippen molar-refractivity contribution >= 4 is 23.4 Å². The molecule has 1 heterocycles. The lowest BCUT2D eigenvalue weighted by atomic mass is 10.2. The van der Waals surface area contributed by atoms with Crippen LogP contribution in [0, 0.1) is 5.82 Å². The van der Waals surface area contributed by atoms with Gasteiger partial charge in [-0.2, -0.15) is 0 Å². The second-order valence-electron chi connectivity index (χ2n) is 5.08. The summed E-state index contributed by atoms with van der Waals surface area (Å²) in [6.07, 6.45) is 2.46. The summed E-state index contributed by atoms with van der Waals surface area (Å²) in [5, 5.41) is 2.71. The molecule has 6 heteroatoms. The maximum atomic E-state index is 13.6. The first-order valence-corrected chi connectivity index (χ1v) is 7.43. The number of nitrogens with zero attached hydrogens (tertiary/aromatic N) is 1. The summed E-state index contributed by atoms with van der Waals surface area (Å²) in [7, 11) is 0. The van der Waals surface area contributed by atoms with Crippen molar-refractivity contribution in [2.24, 2.45) is 0 Å². The Labute approximate surface area is 128 Å². The molecular formula is C15H18ClFN2O2. The largest absolute Gasteiger partial charge is 0.352 e. The van der Waals surface area contributed by atoms with Crippen LogP contribution in [0.25, 0.3) is 0 Å². The number of likely N-dealkylation sites (tertiary alicyclic amines) is 1. The first-order chi connectivity index (χ1) is 10.1. The maximum Gasteiger partial charge on any atom is 0.222 e. The number of nitrogens with one attached hydrogen (secondary N) is 1. The number of benzene rings is 1. The molecule has 114 valence electrons. The topological polar surface area (TPSA) is 49.4 Å². The number of halogens is 2. The van der Waals surface area contributed by atoms with Crippen LogP contribution >= 0.6 is 11.6 Å². The molecule has 2 amide bonds. The van der Waals surface area contributed by atoms with Gasteiger partial charge in [0.2, 0.25) is 11.8 Å². The monoisotopic (exact) mass is 312 g/mol.